The third kappa shape index (κ3) is 2.69. The van der Waals surface area contributed by atoms with Crippen molar-refractivity contribution in [3.8, 4) is 0 Å². The van der Waals surface area contributed by atoms with Gasteiger partial charge in [0.05, 0.1) is 0 Å². The summed E-state index contributed by atoms with van der Waals surface area (Å²) in [5.74, 6) is 1.06. The highest BCUT2D eigenvalue weighted by atomic mass is 32.2. The van der Waals surface area contributed by atoms with Gasteiger partial charge < -0.3 is 4.57 Å². The molecule has 0 bridgehead atoms. The number of hydrogen-bond acceptors (Lipinski definition) is 3. The van der Waals surface area contributed by atoms with Gasteiger partial charge in [0.2, 0.25) is 0 Å². The highest BCUT2D eigenvalue weighted by molar-refractivity contribution is 7.99. The maximum absolute atomic E-state index is 4.18. The number of hydrogen-bond donors (Lipinski definition) is 0. The Morgan fingerprint density at radius 1 is 1.24 bits per heavy atom. The van der Waals surface area contributed by atoms with E-state index in [0.29, 0.717) is 6.04 Å². The average molecular weight is 245 g/mol. The lowest BCUT2D eigenvalue weighted by Gasteiger charge is -2.04. The largest absolute Gasteiger partial charge is 0.306 e. The van der Waals surface area contributed by atoms with Gasteiger partial charge in [0, 0.05) is 11.8 Å². The third-order valence-corrected chi connectivity index (χ3v) is 3.90. The van der Waals surface area contributed by atoms with Crippen LogP contribution in [0.3, 0.4) is 0 Å². The van der Waals surface area contributed by atoms with Crippen molar-refractivity contribution in [2.24, 2.45) is 0 Å². The molecule has 3 nitrogen and oxygen atoms in total. The van der Waals surface area contributed by atoms with Crippen molar-refractivity contribution in [1.82, 2.24) is 14.8 Å². The summed E-state index contributed by atoms with van der Waals surface area (Å²) in [4.78, 5) is 0. The van der Waals surface area contributed by atoms with Gasteiger partial charge >= 0.3 is 0 Å². The van der Waals surface area contributed by atoms with Crippen LogP contribution < -0.4 is 0 Å². The minimum absolute atomic E-state index is 0.671. The summed E-state index contributed by atoms with van der Waals surface area (Å²) < 4.78 is 2.22. The molecule has 0 unspecified atom stereocenters. The van der Waals surface area contributed by atoms with E-state index >= 15 is 0 Å². The van der Waals surface area contributed by atoms with E-state index in [1.807, 2.05) is 6.33 Å². The summed E-state index contributed by atoms with van der Waals surface area (Å²) >= 11 is 1.81. The number of nitrogens with zero attached hydrogens (tertiary/aromatic N) is 3. The minimum atomic E-state index is 0.671. The molecule has 0 spiro atoms. The smallest absolute Gasteiger partial charge is 0.191 e. The van der Waals surface area contributed by atoms with Crippen LogP contribution in [0.15, 0.2) is 41.8 Å². The van der Waals surface area contributed by atoms with Crippen LogP contribution >= 0.6 is 11.8 Å². The van der Waals surface area contributed by atoms with Crippen LogP contribution in [0.1, 0.15) is 24.4 Å². The molecule has 88 valence electrons. The minimum Gasteiger partial charge on any atom is -0.306 e. The molecule has 1 aliphatic carbocycles. The van der Waals surface area contributed by atoms with Crippen molar-refractivity contribution in [3.63, 3.8) is 0 Å². The summed E-state index contributed by atoms with van der Waals surface area (Å²) in [6.07, 6.45) is 5.51. The molecule has 0 radical (unpaired) electrons. The summed E-state index contributed by atoms with van der Waals surface area (Å²) in [7, 11) is 0. The highest BCUT2D eigenvalue weighted by Crippen LogP contribution is 2.37. The van der Waals surface area contributed by atoms with E-state index in [-0.39, 0.29) is 0 Å². The number of benzene rings is 1. The number of aromatic nitrogens is 3. The molecule has 0 N–H and O–H groups in total. The second-order valence-corrected chi connectivity index (χ2v) is 5.40. The molecule has 0 atom stereocenters. The predicted octanol–water partition coefficient (Wildman–Crippen LogP) is 2.95. The van der Waals surface area contributed by atoms with E-state index in [1.54, 1.807) is 11.8 Å². The van der Waals surface area contributed by atoms with Gasteiger partial charge in [-0.25, -0.2) is 0 Å². The van der Waals surface area contributed by atoms with Gasteiger partial charge in [0.15, 0.2) is 5.16 Å². The fraction of sp³-hybridized carbons (Fsp3) is 0.385. The van der Waals surface area contributed by atoms with Crippen LogP contribution in [0.2, 0.25) is 0 Å². The Labute approximate surface area is 105 Å². The van der Waals surface area contributed by atoms with E-state index in [9.17, 15) is 0 Å². The van der Waals surface area contributed by atoms with Crippen molar-refractivity contribution in [3.05, 3.63) is 42.2 Å². The van der Waals surface area contributed by atoms with Gasteiger partial charge in [-0.15, -0.1) is 10.2 Å². The molecule has 1 fully saturated rings. The van der Waals surface area contributed by atoms with Crippen LogP contribution in [0.4, 0.5) is 0 Å². The number of rotatable bonds is 5. The molecule has 1 aromatic carbocycles. The van der Waals surface area contributed by atoms with Gasteiger partial charge in [0.1, 0.15) is 6.33 Å². The van der Waals surface area contributed by atoms with E-state index in [4.69, 9.17) is 0 Å². The fourth-order valence-electron chi connectivity index (χ4n) is 1.84. The summed E-state index contributed by atoms with van der Waals surface area (Å²) in [6.45, 7) is 0. The van der Waals surface area contributed by atoms with Crippen LogP contribution in [-0.4, -0.2) is 20.5 Å². The molecule has 1 heterocycles. The zero-order chi connectivity index (χ0) is 11.5. The SMILES string of the molecule is c1ccc(CCSc2nncn2C2CC2)cc1. The normalized spacial score (nSPS) is 15.1. The van der Waals surface area contributed by atoms with Gasteiger partial charge in [-0.1, -0.05) is 42.1 Å². The van der Waals surface area contributed by atoms with Gasteiger partial charge in [-0.3, -0.25) is 0 Å². The standard InChI is InChI=1S/C13H15N3S/c1-2-4-11(5-3-1)8-9-17-13-15-14-10-16(13)12-6-7-12/h1-5,10,12H,6-9H2. The first kappa shape index (κ1) is 10.8. The molecule has 17 heavy (non-hydrogen) atoms. The molecule has 0 saturated heterocycles. The maximum Gasteiger partial charge on any atom is 0.191 e. The monoisotopic (exact) mass is 245 g/mol. The zero-order valence-electron chi connectivity index (χ0n) is 9.62. The highest BCUT2D eigenvalue weighted by Gasteiger charge is 2.25. The Kier molecular flexibility index (Phi) is 3.14. The summed E-state index contributed by atoms with van der Waals surface area (Å²) in [6, 6.07) is 11.3. The predicted molar refractivity (Wildman–Crippen MR) is 69.2 cm³/mol. The molecule has 1 aromatic heterocycles. The van der Waals surface area contributed by atoms with Crippen molar-refractivity contribution < 1.29 is 0 Å². The summed E-state index contributed by atoms with van der Waals surface area (Å²) in [5, 5.41) is 9.26. The first-order valence-electron chi connectivity index (χ1n) is 6.00. The fourth-order valence-corrected chi connectivity index (χ4v) is 2.81. The van der Waals surface area contributed by atoms with E-state index in [2.05, 4.69) is 45.1 Å². The van der Waals surface area contributed by atoms with Gasteiger partial charge in [0.25, 0.3) is 0 Å². The maximum atomic E-state index is 4.18. The van der Waals surface area contributed by atoms with E-state index in [0.717, 1.165) is 17.3 Å². The van der Waals surface area contributed by atoms with Gasteiger partial charge in [-0.2, -0.15) is 0 Å². The van der Waals surface area contributed by atoms with Crippen molar-refractivity contribution in [1.29, 1.82) is 0 Å². The molecule has 0 amide bonds. The van der Waals surface area contributed by atoms with Crippen molar-refractivity contribution in [2.75, 3.05) is 5.75 Å². The second kappa shape index (κ2) is 4.92. The van der Waals surface area contributed by atoms with Crippen molar-refractivity contribution >= 4 is 11.8 Å². The first-order chi connectivity index (χ1) is 8.43. The Bertz CT molecular complexity index is 476. The molecular formula is C13H15N3S. The topological polar surface area (TPSA) is 30.7 Å². The molecule has 4 heteroatoms. The van der Waals surface area contributed by atoms with Crippen LogP contribution in [0.5, 0.6) is 0 Å². The van der Waals surface area contributed by atoms with Gasteiger partial charge in [-0.05, 0) is 24.8 Å². The van der Waals surface area contributed by atoms with Crippen LogP contribution in [0, 0.1) is 0 Å². The average Bonchev–Trinajstić information content (AvgIpc) is 3.11. The quantitative estimate of drug-likeness (QED) is 0.759. The molecule has 2 aromatic rings. The summed E-state index contributed by atoms with van der Waals surface area (Å²) in [5.41, 5.74) is 1.39. The third-order valence-electron chi connectivity index (χ3n) is 2.95. The Hall–Kier alpha value is -1.29. The second-order valence-electron chi connectivity index (χ2n) is 4.34. The molecule has 0 aliphatic heterocycles. The molecule has 1 aliphatic rings. The Morgan fingerprint density at radius 2 is 2.06 bits per heavy atom. The Balaban J connectivity index is 1.55. The van der Waals surface area contributed by atoms with Crippen LogP contribution in [-0.2, 0) is 6.42 Å². The molecule has 1 saturated carbocycles. The zero-order valence-corrected chi connectivity index (χ0v) is 10.4. The Morgan fingerprint density at radius 3 is 2.82 bits per heavy atom. The molecule has 3 rings (SSSR count). The van der Waals surface area contributed by atoms with Crippen LogP contribution in [0.25, 0.3) is 0 Å². The molecular weight excluding hydrogens is 230 g/mol. The van der Waals surface area contributed by atoms with E-state index < -0.39 is 0 Å². The van der Waals surface area contributed by atoms with E-state index in [1.165, 1.54) is 18.4 Å². The first-order valence-corrected chi connectivity index (χ1v) is 6.98. The lowest BCUT2D eigenvalue weighted by Crippen LogP contribution is -1.96. The lowest BCUT2D eigenvalue weighted by molar-refractivity contribution is 0.663. The lowest BCUT2D eigenvalue weighted by atomic mass is 10.2. The van der Waals surface area contributed by atoms with Crippen molar-refractivity contribution in [2.45, 2.75) is 30.5 Å². The number of aryl methyl sites for hydroxylation is 1. The number of thioether (sulfide) groups is 1.